The van der Waals surface area contributed by atoms with E-state index in [2.05, 4.69) is 29.2 Å². The molecule has 2 aromatic carbocycles. The minimum atomic E-state index is -0.214. The summed E-state index contributed by atoms with van der Waals surface area (Å²) in [6.07, 6.45) is 2.56. The predicted molar refractivity (Wildman–Crippen MR) is 150 cm³/mol. The molecule has 0 bridgehead atoms. The molecule has 3 saturated heterocycles. The fourth-order valence-corrected chi connectivity index (χ4v) is 6.45. The van der Waals surface area contributed by atoms with Crippen LogP contribution in [0.5, 0.6) is 5.75 Å². The van der Waals surface area contributed by atoms with Crippen LogP contribution in [0.1, 0.15) is 43.2 Å². The first-order valence-corrected chi connectivity index (χ1v) is 13.6. The minimum Gasteiger partial charge on any atom is -0.497 e. The van der Waals surface area contributed by atoms with E-state index >= 15 is 0 Å². The van der Waals surface area contributed by atoms with E-state index in [1.807, 2.05) is 47.1 Å². The van der Waals surface area contributed by atoms with E-state index in [0.717, 1.165) is 56.8 Å². The fourth-order valence-electron chi connectivity index (χ4n) is 6.45. The van der Waals surface area contributed by atoms with E-state index in [0.29, 0.717) is 44.0 Å². The van der Waals surface area contributed by atoms with Gasteiger partial charge >= 0.3 is 6.09 Å². The number of hydrogen-bond acceptors (Lipinski definition) is 5. The van der Waals surface area contributed by atoms with Gasteiger partial charge in [-0.25, -0.2) is 4.79 Å². The highest BCUT2D eigenvalue weighted by Crippen LogP contribution is 2.43. The molecule has 206 valence electrons. The summed E-state index contributed by atoms with van der Waals surface area (Å²) in [6, 6.07) is 18.5. The molecule has 3 aliphatic heterocycles. The zero-order valence-corrected chi connectivity index (χ0v) is 23.3. The van der Waals surface area contributed by atoms with Crippen molar-refractivity contribution in [2.75, 3.05) is 53.0 Å². The Morgan fingerprint density at radius 1 is 0.974 bits per heavy atom. The Balaban J connectivity index is 0.00000336. The van der Waals surface area contributed by atoms with Crippen molar-refractivity contribution in [1.29, 1.82) is 0 Å². The van der Waals surface area contributed by atoms with E-state index in [-0.39, 0.29) is 23.9 Å². The molecule has 3 fully saturated rings. The fraction of sp³-hybridized carbons (Fsp3) is 0.533. The van der Waals surface area contributed by atoms with Gasteiger partial charge in [-0.3, -0.25) is 4.79 Å². The number of amides is 2. The number of hydrogen-bond donors (Lipinski definition) is 0. The SMILES string of the molecule is CCOC(=O)N1C[C@H](CN2CCC3(CC2)CCN(Cc2ccc(OC)cc2)C3=O)[C@@H](c2ccccc2)C1.Cl. The molecule has 0 unspecified atom stereocenters. The summed E-state index contributed by atoms with van der Waals surface area (Å²) in [5, 5.41) is 0. The Labute approximate surface area is 232 Å². The highest BCUT2D eigenvalue weighted by atomic mass is 35.5. The van der Waals surface area contributed by atoms with Crippen LogP contribution in [0.15, 0.2) is 54.6 Å². The molecule has 7 nitrogen and oxygen atoms in total. The number of ether oxygens (including phenoxy) is 2. The molecule has 0 saturated carbocycles. The third kappa shape index (κ3) is 5.94. The molecule has 2 atom stereocenters. The van der Waals surface area contributed by atoms with Gasteiger partial charge in [0.05, 0.1) is 19.1 Å². The van der Waals surface area contributed by atoms with Gasteiger partial charge in [-0.15, -0.1) is 12.4 Å². The lowest BCUT2D eigenvalue weighted by molar-refractivity contribution is -0.139. The average Bonchev–Trinajstić information content (AvgIpc) is 3.48. The standard InChI is InChI=1S/C30H39N3O4.ClH/c1-3-37-29(35)33-21-25(27(22-33)24-7-5-4-6-8-24)20-31-16-13-30(14-17-31)15-18-32(28(30)34)19-23-9-11-26(36-2)12-10-23;/h4-12,25,27H,3,13-22H2,1-2H3;1H/t25-,27+;/m0./s1. The number of carbonyl (C=O) groups is 2. The van der Waals surface area contributed by atoms with E-state index in [9.17, 15) is 9.59 Å². The maximum atomic E-state index is 13.5. The molecular weight excluding hydrogens is 502 g/mol. The zero-order chi connectivity index (χ0) is 25.8. The number of benzene rings is 2. The van der Waals surface area contributed by atoms with Crippen LogP contribution in [0.4, 0.5) is 4.79 Å². The second kappa shape index (κ2) is 12.4. The number of likely N-dealkylation sites (tertiary alicyclic amines) is 3. The van der Waals surface area contributed by atoms with Crippen molar-refractivity contribution in [3.05, 3.63) is 65.7 Å². The summed E-state index contributed by atoms with van der Waals surface area (Å²) in [7, 11) is 1.67. The van der Waals surface area contributed by atoms with Crippen molar-refractivity contribution in [2.45, 2.75) is 38.6 Å². The first kappa shape index (κ1) is 28.2. The van der Waals surface area contributed by atoms with Crippen LogP contribution in [-0.4, -0.2) is 79.7 Å². The topological polar surface area (TPSA) is 62.3 Å². The van der Waals surface area contributed by atoms with Gasteiger partial charge in [-0.1, -0.05) is 42.5 Å². The monoisotopic (exact) mass is 541 g/mol. The zero-order valence-electron chi connectivity index (χ0n) is 22.5. The van der Waals surface area contributed by atoms with Crippen LogP contribution in [0.3, 0.4) is 0 Å². The molecule has 1 spiro atoms. The Morgan fingerprint density at radius 2 is 1.66 bits per heavy atom. The highest BCUT2D eigenvalue weighted by Gasteiger charge is 2.48. The van der Waals surface area contributed by atoms with Gasteiger partial charge in [0.25, 0.3) is 0 Å². The van der Waals surface area contributed by atoms with Crippen LogP contribution in [0, 0.1) is 11.3 Å². The number of methoxy groups -OCH3 is 1. The van der Waals surface area contributed by atoms with Crippen molar-refractivity contribution < 1.29 is 19.1 Å². The lowest BCUT2D eigenvalue weighted by atomic mass is 9.76. The molecule has 2 amide bonds. The van der Waals surface area contributed by atoms with Gasteiger partial charge in [0.2, 0.25) is 5.91 Å². The summed E-state index contributed by atoms with van der Waals surface area (Å²) >= 11 is 0. The van der Waals surface area contributed by atoms with Crippen molar-refractivity contribution in [1.82, 2.24) is 14.7 Å². The lowest BCUT2D eigenvalue weighted by Crippen LogP contribution is -2.46. The summed E-state index contributed by atoms with van der Waals surface area (Å²) in [6.45, 7) is 7.96. The Hall–Kier alpha value is -2.77. The first-order chi connectivity index (χ1) is 18.0. The van der Waals surface area contributed by atoms with Crippen molar-refractivity contribution in [3.8, 4) is 5.75 Å². The minimum absolute atomic E-state index is 0. The maximum Gasteiger partial charge on any atom is 0.409 e. The summed E-state index contributed by atoms with van der Waals surface area (Å²) in [5.74, 6) is 1.81. The lowest BCUT2D eigenvalue weighted by Gasteiger charge is -2.39. The van der Waals surface area contributed by atoms with Crippen LogP contribution >= 0.6 is 12.4 Å². The quantitative estimate of drug-likeness (QED) is 0.504. The van der Waals surface area contributed by atoms with Gasteiger partial charge in [0, 0.05) is 38.6 Å². The maximum absolute atomic E-state index is 13.5. The Bertz CT molecular complexity index is 1070. The third-order valence-electron chi connectivity index (χ3n) is 8.63. The summed E-state index contributed by atoms with van der Waals surface area (Å²) < 4.78 is 10.6. The molecule has 2 aromatic rings. The third-order valence-corrected chi connectivity index (χ3v) is 8.63. The summed E-state index contributed by atoms with van der Waals surface area (Å²) in [5.41, 5.74) is 2.21. The van der Waals surface area contributed by atoms with E-state index in [1.54, 1.807) is 7.11 Å². The largest absolute Gasteiger partial charge is 0.497 e. The number of piperidine rings is 1. The van der Waals surface area contributed by atoms with E-state index < -0.39 is 0 Å². The van der Waals surface area contributed by atoms with Crippen molar-refractivity contribution >= 4 is 24.4 Å². The Kier molecular flexibility index (Phi) is 9.21. The van der Waals surface area contributed by atoms with Gasteiger partial charge in [-0.2, -0.15) is 0 Å². The van der Waals surface area contributed by atoms with E-state index in [1.165, 1.54) is 5.56 Å². The van der Waals surface area contributed by atoms with Crippen LogP contribution in [-0.2, 0) is 16.1 Å². The molecule has 0 N–H and O–H groups in total. The van der Waals surface area contributed by atoms with E-state index in [4.69, 9.17) is 9.47 Å². The first-order valence-electron chi connectivity index (χ1n) is 13.6. The molecule has 38 heavy (non-hydrogen) atoms. The molecule has 3 heterocycles. The molecule has 0 radical (unpaired) electrons. The summed E-state index contributed by atoms with van der Waals surface area (Å²) in [4.78, 5) is 32.4. The number of nitrogens with zero attached hydrogens (tertiary/aromatic N) is 3. The van der Waals surface area contributed by atoms with Crippen LogP contribution in [0.2, 0.25) is 0 Å². The van der Waals surface area contributed by atoms with Crippen molar-refractivity contribution in [3.63, 3.8) is 0 Å². The predicted octanol–water partition coefficient (Wildman–Crippen LogP) is 4.80. The number of carbonyl (C=O) groups excluding carboxylic acids is 2. The van der Waals surface area contributed by atoms with Gasteiger partial charge < -0.3 is 24.2 Å². The van der Waals surface area contributed by atoms with Crippen LogP contribution in [0.25, 0.3) is 0 Å². The van der Waals surface area contributed by atoms with Crippen LogP contribution < -0.4 is 4.74 Å². The molecule has 8 heteroatoms. The number of halogens is 1. The van der Waals surface area contributed by atoms with Gasteiger partial charge in [-0.05, 0) is 68.5 Å². The molecule has 5 rings (SSSR count). The second-order valence-electron chi connectivity index (χ2n) is 10.8. The second-order valence-corrected chi connectivity index (χ2v) is 10.8. The average molecular weight is 542 g/mol. The molecule has 3 aliphatic rings. The number of rotatable bonds is 7. The van der Waals surface area contributed by atoms with Gasteiger partial charge in [0.1, 0.15) is 5.75 Å². The Morgan fingerprint density at radius 3 is 2.32 bits per heavy atom. The van der Waals surface area contributed by atoms with Crippen molar-refractivity contribution in [2.24, 2.45) is 11.3 Å². The van der Waals surface area contributed by atoms with Gasteiger partial charge in [0.15, 0.2) is 0 Å². The smallest absolute Gasteiger partial charge is 0.409 e. The normalized spacial score (nSPS) is 22.9. The molecule has 0 aromatic heterocycles. The molecule has 0 aliphatic carbocycles. The highest BCUT2D eigenvalue weighted by molar-refractivity contribution is 5.85. The molecular formula is C30H40ClN3O4.